The molecule has 1 aliphatic rings. The fourth-order valence-corrected chi connectivity index (χ4v) is 6.11. The lowest BCUT2D eigenvalue weighted by molar-refractivity contribution is 0.101. The molecule has 2 heterocycles. The van der Waals surface area contributed by atoms with Crippen LogP contribution in [0.15, 0.2) is 64.6 Å². The molecule has 3 aromatic rings. The lowest BCUT2D eigenvalue weighted by Crippen LogP contribution is -2.24. The number of aliphatic hydroxyl groups excluding tert-OH is 1. The van der Waals surface area contributed by atoms with Crippen LogP contribution < -0.4 is 10.5 Å². The predicted octanol–water partition coefficient (Wildman–Crippen LogP) is 1.28. The average molecular weight is 600 g/mol. The molecule has 12 nitrogen and oxygen atoms in total. The molecule has 0 saturated heterocycles. The molecule has 36 heavy (non-hydrogen) atoms. The minimum atomic E-state index is -4.13. The monoisotopic (exact) mass is 599 g/mol. The van der Waals surface area contributed by atoms with E-state index < -0.39 is 38.1 Å². The lowest BCUT2D eigenvalue weighted by Gasteiger charge is -2.15. The average Bonchev–Trinajstić information content (AvgIpc) is 3.44. The van der Waals surface area contributed by atoms with Crippen molar-refractivity contribution < 1.29 is 30.9 Å². The summed E-state index contributed by atoms with van der Waals surface area (Å²) in [5.74, 6) is -0.796. The second kappa shape index (κ2) is 10.4. The summed E-state index contributed by atoms with van der Waals surface area (Å²) in [5.41, 5.74) is 0.214. The van der Waals surface area contributed by atoms with E-state index in [-0.39, 0.29) is 40.9 Å². The van der Waals surface area contributed by atoms with Gasteiger partial charge in [-0.1, -0.05) is 22.0 Å². The minimum absolute atomic E-state index is 0.0534. The van der Waals surface area contributed by atoms with Gasteiger partial charge in [0.15, 0.2) is 5.78 Å². The molecule has 0 radical (unpaired) electrons. The summed E-state index contributed by atoms with van der Waals surface area (Å²) in [4.78, 5) is 21.3. The summed E-state index contributed by atoms with van der Waals surface area (Å²) in [6.07, 6.45) is 4.81. The van der Waals surface area contributed by atoms with Crippen LogP contribution in [0.4, 0.5) is 5.82 Å². The van der Waals surface area contributed by atoms with Gasteiger partial charge in [-0.15, -0.1) is 0 Å². The summed E-state index contributed by atoms with van der Waals surface area (Å²) in [5, 5.41) is 18.2. The molecule has 0 bridgehead atoms. The number of aromatic nitrogens is 3. The summed E-state index contributed by atoms with van der Waals surface area (Å²) >= 11 is 3.25. The molecular weight excluding hydrogens is 578 g/mol. The first-order valence-corrected chi connectivity index (χ1v) is 14.3. The molecule has 2 aromatic heterocycles. The van der Waals surface area contributed by atoms with E-state index in [0.29, 0.717) is 10.9 Å². The Bertz CT molecular complexity index is 1490. The van der Waals surface area contributed by atoms with Gasteiger partial charge in [0.05, 0.1) is 23.2 Å². The number of aliphatic hydroxyl groups is 1. The number of rotatable bonds is 9. The maximum absolute atomic E-state index is 13.2. The molecule has 0 unspecified atom stereocenters. The lowest BCUT2D eigenvalue weighted by atomic mass is 10.1. The Morgan fingerprint density at radius 3 is 2.75 bits per heavy atom. The standard InChI is InChI=1S/C21H22BrN5O7S2/c22-15-2-1-3-17(7-15)35(30,31)27-5-4-13(10-27)20(29)18-9-24-12-25-21(18)26-16-6-14(19(28)8-16)11-34-36(23,32)33/h1-5,7,9-10,12,14,16,19,28H,6,8,11H2,(H2,23,32,33)(H,24,25,26)/t14-,16-,19+/m1/s1. The van der Waals surface area contributed by atoms with Gasteiger partial charge < -0.3 is 10.4 Å². The fraction of sp³-hybridized carbons (Fsp3) is 0.286. The first kappa shape index (κ1) is 26.4. The summed E-state index contributed by atoms with van der Waals surface area (Å²) in [6, 6.07) is 7.25. The van der Waals surface area contributed by atoms with Crippen molar-refractivity contribution in [3.05, 3.63) is 70.8 Å². The first-order chi connectivity index (χ1) is 16.9. The number of halogens is 1. The third-order valence-electron chi connectivity index (χ3n) is 5.70. The van der Waals surface area contributed by atoms with Crippen molar-refractivity contribution >= 4 is 47.9 Å². The largest absolute Gasteiger partial charge is 0.393 e. The van der Waals surface area contributed by atoms with Gasteiger partial charge in [-0.2, -0.15) is 8.42 Å². The molecule has 15 heteroatoms. The second-order valence-electron chi connectivity index (χ2n) is 8.22. The van der Waals surface area contributed by atoms with Gasteiger partial charge in [-0.3, -0.25) is 8.98 Å². The molecular formula is C21H22BrN5O7S2. The number of anilines is 1. The zero-order valence-electron chi connectivity index (χ0n) is 18.6. The van der Waals surface area contributed by atoms with Gasteiger partial charge in [0, 0.05) is 40.6 Å². The number of nitrogens with two attached hydrogens (primary N) is 1. The minimum Gasteiger partial charge on any atom is -0.393 e. The maximum atomic E-state index is 13.2. The maximum Gasteiger partial charge on any atom is 0.333 e. The van der Waals surface area contributed by atoms with Crippen LogP contribution in [0.2, 0.25) is 0 Å². The number of hydrogen-bond acceptors (Lipinski definition) is 10. The van der Waals surface area contributed by atoms with Gasteiger partial charge in [-0.05, 0) is 37.1 Å². The smallest absolute Gasteiger partial charge is 0.333 e. The number of nitrogens with zero attached hydrogens (tertiary/aromatic N) is 3. The number of carbonyl (C=O) groups excluding carboxylic acids is 1. The molecule has 3 atom stereocenters. The van der Waals surface area contributed by atoms with E-state index in [4.69, 9.17) is 5.14 Å². The molecule has 0 amide bonds. The van der Waals surface area contributed by atoms with Crippen molar-refractivity contribution in [2.45, 2.75) is 29.9 Å². The third-order valence-corrected chi connectivity index (χ3v) is 8.29. The molecule has 1 aromatic carbocycles. The van der Waals surface area contributed by atoms with Crippen LogP contribution in [-0.4, -0.2) is 60.4 Å². The Kier molecular flexibility index (Phi) is 7.59. The normalized spacial score (nSPS) is 20.4. The Hall–Kier alpha value is -2.69. The quantitative estimate of drug-likeness (QED) is 0.303. The highest BCUT2D eigenvalue weighted by molar-refractivity contribution is 9.10. The van der Waals surface area contributed by atoms with Crippen LogP contribution in [0.25, 0.3) is 0 Å². The first-order valence-electron chi connectivity index (χ1n) is 10.6. The molecule has 1 saturated carbocycles. The highest BCUT2D eigenvalue weighted by Crippen LogP contribution is 2.30. The second-order valence-corrected chi connectivity index (χ2v) is 12.2. The van der Waals surface area contributed by atoms with Crippen molar-refractivity contribution in [1.29, 1.82) is 0 Å². The Morgan fingerprint density at radius 1 is 1.25 bits per heavy atom. The molecule has 192 valence electrons. The van der Waals surface area contributed by atoms with E-state index in [2.05, 4.69) is 35.4 Å². The van der Waals surface area contributed by atoms with Crippen molar-refractivity contribution in [3.8, 4) is 0 Å². The number of hydrogen-bond donors (Lipinski definition) is 3. The number of benzene rings is 1. The Morgan fingerprint density at radius 2 is 2.03 bits per heavy atom. The van der Waals surface area contributed by atoms with Gasteiger partial charge >= 0.3 is 10.3 Å². The highest BCUT2D eigenvalue weighted by atomic mass is 79.9. The van der Waals surface area contributed by atoms with Crippen molar-refractivity contribution in [2.24, 2.45) is 11.1 Å². The molecule has 4 rings (SSSR count). The van der Waals surface area contributed by atoms with Crippen LogP contribution in [0.3, 0.4) is 0 Å². The zero-order chi connectivity index (χ0) is 26.1. The fourth-order valence-electron chi connectivity index (χ4n) is 3.95. The van der Waals surface area contributed by atoms with E-state index in [0.717, 1.165) is 3.97 Å². The van der Waals surface area contributed by atoms with Gasteiger partial charge in [0.25, 0.3) is 10.0 Å². The molecule has 4 N–H and O–H groups in total. The van der Waals surface area contributed by atoms with Gasteiger partial charge in [-0.25, -0.2) is 27.5 Å². The zero-order valence-corrected chi connectivity index (χ0v) is 21.8. The molecule has 0 spiro atoms. The molecule has 1 aliphatic carbocycles. The number of carbonyl (C=O) groups is 1. The van der Waals surface area contributed by atoms with Gasteiger partial charge in [0.2, 0.25) is 0 Å². The van der Waals surface area contributed by atoms with Crippen LogP contribution in [0.5, 0.6) is 0 Å². The topological polar surface area (TPSA) is 184 Å². The van der Waals surface area contributed by atoms with E-state index in [1.54, 1.807) is 12.1 Å². The summed E-state index contributed by atoms with van der Waals surface area (Å²) < 4.78 is 54.1. The van der Waals surface area contributed by atoms with Crippen LogP contribution in [0, 0.1) is 5.92 Å². The van der Waals surface area contributed by atoms with Gasteiger partial charge in [0.1, 0.15) is 12.1 Å². The SMILES string of the molecule is NS(=O)(=O)OC[C@H]1C[C@@H](Nc2ncncc2C(=O)c2ccn(S(=O)(=O)c3cccc(Br)c3)c2)C[C@@H]1O. The molecule has 0 aliphatic heterocycles. The van der Waals surface area contributed by atoms with E-state index >= 15 is 0 Å². The van der Waals surface area contributed by atoms with Crippen LogP contribution in [0.1, 0.15) is 28.8 Å². The Balaban J connectivity index is 1.51. The van der Waals surface area contributed by atoms with Crippen LogP contribution >= 0.6 is 15.9 Å². The summed E-state index contributed by atoms with van der Waals surface area (Å²) in [7, 11) is -8.05. The summed E-state index contributed by atoms with van der Waals surface area (Å²) in [6.45, 7) is -0.270. The molecule has 1 fully saturated rings. The Labute approximate surface area is 216 Å². The third kappa shape index (κ3) is 5.99. The van der Waals surface area contributed by atoms with E-state index in [9.17, 15) is 26.7 Å². The predicted molar refractivity (Wildman–Crippen MR) is 132 cm³/mol. The van der Waals surface area contributed by atoms with E-state index in [1.165, 1.54) is 43.1 Å². The van der Waals surface area contributed by atoms with Crippen molar-refractivity contribution in [3.63, 3.8) is 0 Å². The number of ketones is 1. The highest BCUT2D eigenvalue weighted by Gasteiger charge is 2.35. The number of nitrogens with one attached hydrogen (secondary N) is 1. The van der Waals surface area contributed by atoms with E-state index in [1.807, 2.05) is 0 Å². The van der Waals surface area contributed by atoms with Crippen LogP contribution in [-0.2, 0) is 24.5 Å². The van der Waals surface area contributed by atoms with Crippen molar-refractivity contribution in [1.82, 2.24) is 13.9 Å². The van der Waals surface area contributed by atoms with Crippen molar-refractivity contribution in [2.75, 3.05) is 11.9 Å².